The van der Waals surface area contributed by atoms with Gasteiger partial charge < -0.3 is 15.1 Å². The molecule has 1 unspecified atom stereocenters. The lowest BCUT2D eigenvalue weighted by molar-refractivity contribution is -0.143. The number of carbonyl (C=O) groups excluding carboxylic acids is 2. The topological polar surface area (TPSA) is 52.7 Å². The van der Waals surface area contributed by atoms with Gasteiger partial charge in [-0.05, 0) is 42.2 Å². The Balaban J connectivity index is 1.58. The molecule has 2 saturated heterocycles. The quantitative estimate of drug-likeness (QED) is 0.744. The number of carbonyl (C=O) groups is 2. The Morgan fingerprint density at radius 2 is 1.68 bits per heavy atom. The second kappa shape index (κ2) is 9.25. The number of amides is 2. The molecule has 1 atom stereocenters. The van der Waals surface area contributed by atoms with Gasteiger partial charge >= 0.3 is 0 Å². The average Bonchev–Trinajstić information content (AvgIpc) is 2.84. The third-order valence-corrected chi connectivity index (χ3v) is 6.83. The zero-order valence-corrected chi connectivity index (χ0v) is 18.4. The molecule has 2 aromatic carbocycles. The van der Waals surface area contributed by atoms with E-state index in [1.165, 1.54) is 6.08 Å². The van der Waals surface area contributed by atoms with E-state index in [4.69, 9.17) is 11.6 Å². The Bertz CT molecular complexity index is 937. The standard InChI is InChI=1S/C25H28ClN3O2/c1-2-23(30)28-15-12-25(13-16-28,20-6-4-3-5-7-20)24(31)29-17-14-27-22(18-29)19-8-10-21(26)11-9-19/h2-11,22,27H,1,12-18H2. The minimum absolute atomic E-state index is 0.0703. The van der Waals surface area contributed by atoms with Crippen LogP contribution in [0.3, 0.4) is 0 Å². The molecule has 0 aromatic heterocycles. The van der Waals surface area contributed by atoms with Crippen LogP contribution in [-0.2, 0) is 15.0 Å². The number of hydrogen-bond donors (Lipinski definition) is 1. The molecule has 2 heterocycles. The number of benzene rings is 2. The minimum atomic E-state index is -0.610. The van der Waals surface area contributed by atoms with E-state index in [2.05, 4.69) is 11.9 Å². The molecule has 2 aliphatic heterocycles. The molecule has 0 saturated carbocycles. The summed E-state index contributed by atoms with van der Waals surface area (Å²) in [6.07, 6.45) is 2.58. The molecule has 31 heavy (non-hydrogen) atoms. The van der Waals surface area contributed by atoms with Crippen LogP contribution in [0.5, 0.6) is 0 Å². The molecule has 5 nitrogen and oxygen atoms in total. The van der Waals surface area contributed by atoms with Crippen molar-refractivity contribution in [2.75, 3.05) is 32.7 Å². The Hall–Kier alpha value is -2.63. The summed E-state index contributed by atoms with van der Waals surface area (Å²) in [6.45, 7) is 6.74. The summed E-state index contributed by atoms with van der Waals surface area (Å²) in [4.78, 5) is 29.9. The van der Waals surface area contributed by atoms with Crippen molar-refractivity contribution >= 4 is 23.4 Å². The highest BCUT2D eigenvalue weighted by molar-refractivity contribution is 6.30. The predicted octanol–water partition coefficient (Wildman–Crippen LogP) is 3.56. The third kappa shape index (κ3) is 4.39. The summed E-state index contributed by atoms with van der Waals surface area (Å²) in [5.41, 5.74) is 1.55. The molecule has 2 aromatic rings. The summed E-state index contributed by atoms with van der Waals surface area (Å²) in [7, 11) is 0. The summed E-state index contributed by atoms with van der Waals surface area (Å²) in [6, 6.07) is 17.9. The minimum Gasteiger partial charge on any atom is -0.339 e. The van der Waals surface area contributed by atoms with Gasteiger partial charge in [0.2, 0.25) is 11.8 Å². The zero-order chi connectivity index (χ0) is 21.8. The van der Waals surface area contributed by atoms with E-state index in [1.807, 2.05) is 59.5 Å². The third-order valence-electron chi connectivity index (χ3n) is 6.57. The van der Waals surface area contributed by atoms with E-state index >= 15 is 0 Å². The predicted molar refractivity (Wildman–Crippen MR) is 123 cm³/mol. The second-order valence-electron chi connectivity index (χ2n) is 8.29. The Labute approximate surface area is 188 Å². The lowest BCUT2D eigenvalue weighted by atomic mass is 9.71. The maximum Gasteiger partial charge on any atom is 0.245 e. The fourth-order valence-corrected chi connectivity index (χ4v) is 4.90. The summed E-state index contributed by atoms with van der Waals surface area (Å²) in [5, 5.41) is 4.23. The lowest BCUT2D eigenvalue weighted by Gasteiger charge is -2.45. The van der Waals surface area contributed by atoms with Gasteiger partial charge in [0.05, 0.1) is 5.41 Å². The molecule has 6 heteroatoms. The van der Waals surface area contributed by atoms with Crippen LogP contribution in [0.15, 0.2) is 67.3 Å². The fourth-order valence-electron chi connectivity index (χ4n) is 4.78. The molecule has 4 rings (SSSR count). The van der Waals surface area contributed by atoms with Crippen molar-refractivity contribution in [3.05, 3.63) is 83.4 Å². The smallest absolute Gasteiger partial charge is 0.245 e. The number of nitrogens with one attached hydrogen (secondary N) is 1. The summed E-state index contributed by atoms with van der Waals surface area (Å²) in [5.74, 6) is 0.0870. The van der Waals surface area contributed by atoms with Gasteiger partial charge in [0.25, 0.3) is 0 Å². The molecule has 2 fully saturated rings. The van der Waals surface area contributed by atoms with Gasteiger partial charge in [0, 0.05) is 43.8 Å². The van der Waals surface area contributed by atoms with Crippen molar-refractivity contribution in [2.24, 2.45) is 0 Å². The van der Waals surface area contributed by atoms with Crippen molar-refractivity contribution in [3.63, 3.8) is 0 Å². The first-order valence-electron chi connectivity index (χ1n) is 10.8. The molecule has 1 N–H and O–H groups in total. The number of hydrogen-bond acceptors (Lipinski definition) is 3. The maximum absolute atomic E-state index is 14.0. The van der Waals surface area contributed by atoms with Crippen LogP contribution in [-0.4, -0.2) is 54.3 Å². The van der Waals surface area contributed by atoms with Crippen LogP contribution in [0.1, 0.15) is 30.0 Å². The van der Waals surface area contributed by atoms with E-state index in [9.17, 15) is 9.59 Å². The molecular formula is C25H28ClN3O2. The van der Waals surface area contributed by atoms with Crippen LogP contribution in [0.4, 0.5) is 0 Å². The van der Waals surface area contributed by atoms with Gasteiger partial charge in [-0.1, -0.05) is 60.6 Å². The van der Waals surface area contributed by atoms with Gasteiger partial charge in [-0.15, -0.1) is 0 Å². The number of nitrogens with zero attached hydrogens (tertiary/aromatic N) is 2. The number of piperidine rings is 1. The highest BCUT2D eigenvalue weighted by Crippen LogP contribution is 2.38. The second-order valence-corrected chi connectivity index (χ2v) is 8.72. The fraction of sp³-hybridized carbons (Fsp3) is 0.360. The van der Waals surface area contributed by atoms with E-state index in [-0.39, 0.29) is 17.9 Å². The van der Waals surface area contributed by atoms with E-state index in [0.717, 1.165) is 17.7 Å². The first-order valence-corrected chi connectivity index (χ1v) is 11.2. The maximum atomic E-state index is 14.0. The van der Waals surface area contributed by atoms with Crippen LogP contribution < -0.4 is 5.32 Å². The van der Waals surface area contributed by atoms with Crippen LogP contribution in [0.25, 0.3) is 0 Å². The molecule has 0 bridgehead atoms. The molecular weight excluding hydrogens is 410 g/mol. The molecule has 0 aliphatic carbocycles. The number of halogens is 1. The van der Waals surface area contributed by atoms with Gasteiger partial charge in [-0.3, -0.25) is 9.59 Å². The average molecular weight is 438 g/mol. The van der Waals surface area contributed by atoms with E-state index in [1.54, 1.807) is 4.90 Å². The monoisotopic (exact) mass is 437 g/mol. The van der Waals surface area contributed by atoms with Crippen molar-refractivity contribution in [3.8, 4) is 0 Å². The molecule has 2 aliphatic rings. The largest absolute Gasteiger partial charge is 0.339 e. The summed E-state index contributed by atoms with van der Waals surface area (Å²) >= 11 is 6.04. The van der Waals surface area contributed by atoms with Gasteiger partial charge in [-0.25, -0.2) is 0 Å². The van der Waals surface area contributed by atoms with Gasteiger partial charge in [0.1, 0.15) is 0 Å². The van der Waals surface area contributed by atoms with Crippen molar-refractivity contribution in [1.29, 1.82) is 0 Å². The number of rotatable bonds is 4. The Morgan fingerprint density at radius 1 is 1.00 bits per heavy atom. The molecule has 162 valence electrons. The summed E-state index contributed by atoms with van der Waals surface area (Å²) < 4.78 is 0. The highest BCUT2D eigenvalue weighted by atomic mass is 35.5. The first kappa shape index (κ1) is 21.6. The van der Waals surface area contributed by atoms with Crippen LogP contribution in [0.2, 0.25) is 5.02 Å². The first-order chi connectivity index (χ1) is 15.0. The van der Waals surface area contributed by atoms with Crippen LogP contribution in [0, 0.1) is 0 Å². The molecule has 2 amide bonds. The normalized spacial score (nSPS) is 20.9. The van der Waals surface area contributed by atoms with Gasteiger partial charge in [0.15, 0.2) is 0 Å². The van der Waals surface area contributed by atoms with Crippen molar-refractivity contribution in [2.45, 2.75) is 24.3 Å². The Kier molecular flexibility index (Phi) is 6.44. The van der Waals surface area contributed by atoms with E-state index in [0.29, 0.717) is 44.0 Å². The number of likely N-dealkylation sites (tertiary alicyclic amines) is 1. The lowest BCUT2D eigenvalue weighted by Crippen LogP contribution is -2.57. The highest BCUT2D eigenvalue weighted by Gasteiger charge is 2.46. The SMILES string of the molecule is C=CC(=O)N1CCC(C(=O)N2CCNC(c3ccc(Cl)cc3)C2)(c2ccccc2)CC1. The molecule has 0 radical (unpaired) electrons. The van der Waals surface area contributed by atoms with Crippen molar-refractivity contribution < 1.29 is 9.59 Å². The zero-order valence-electron chi connectivity index (χ0n) is 17.6. The molecule has 0 spiro atoms. The number of piperazine rings is 1. The van der Waals surface area contributed by atoms with Gasteiger partial charge in [-0.2, -0.15) is 0 Å². The van der Waals surface area contributed by atoms with Crippen LogP contribution >= 0.6 is 11.6 Å². The Morgan fingerprint density at radius 3 is 2.32 bits per heavy atom. The van der Waals surface area contributed by atoms with Crippen molar-refractivity contribution in [1.82, 2.24) is 15.1 Å². The van der Waals surface area contributed by atoms with E-state index < -0.39 is 5.41 Å².